The maximum atomic E-state index is 12.2. The van der Waals surface area contributed by atoms with Crippen LogP contribution in [-0.2, 0) is 19.6 Å². The molecule has 1 aliphatic heterocycles. The largest absolute Gasteiger partial charge is 0.479 e. The van der Waals surface area contributed by atoms with Crippen molar-refractivity contribution in [3.63, 3.8) is 0 Å². The van der Waals surface area contributed by atoms with Crippen LogP contribution >= 0.6 is 11.3 Å². The van der Waals surface area contributed by atoms with Crippen LogP contribution in [0.2, 0.25) is 0 Å². The van der Waals surface area contributed by atoms with Gasteiger partial charge in [-0.05, 0) is 32.8 Å². The molecule has 0 bridgehead atoms. The molecule has 2 N–H and O–H groups in total. The van der Waals surface area contributed by atoms with Crippen LogP contribution < -0.4 is 4.72 Å². The Balaban J connectivity index is 1.97. The molecule has 112 valence electrons. The Morgan fingerprint density at radius 1 is 1.50 bits per heavy atom. The molecule has 6 nitrogen and oxygen atoms in total. The Labute approximate surface area is 121 Å². The van der Waals surface area contributed by atoms with Crippen LogP contribution in [0.25, 0.3) is 0 Å². The van der Waals surface area contributed by atoms with E-state index < -0.39 is 22.1 Å². The minimum Gasteiger partial charge on any atom is -0.479 e. The summed E-state index contributed by atoms with van der Waals surface area (Å²) in [5.74, 6) is -1.00. The van der Waals surface area contributed by atoms with Crippen molar-refractivity contribution in [1.29, 1.82) is 0 Å². The van der Waals surface area contributed by atoms with Gasteiger partial charge < -0.3 is 9.84 Å². The normalized spacial score (nSPS) is 23.1. The minimum absolute atomic E-state index is 0.0977. The lowest BCUT2D eigenvalue weighted by Crippen LogP contribution is -2.33. The van der Waals surface area contributed by atoms with Gasteiger partial charge in [-0.2, -0.15) is 0 Å². The van der Waals surface area contributed by atoms with Gasteiger partial charge in [0.1, 0.15) is 0 Å². The van der Waals surface area contributed by atoms with Gasteiger partial charge in [-0.25, -0.2) is 17.9 Å². The predicted molar refractivity (Wildman–Crippen MR) is 74.5 cm³/mol. The fraction of sp³-hybridized carbons (Fsp3) is 0.583. The van der Waals surface area contributed by atoms with Gasteiger partial charge in [0, 0.05) is 16.3 Å². The van der Waals surface area contributed by atoms with Gasteiger partial charge in [-0.1, -0.05) is 0 Å². The second-order valence-electron chi connectivity index (χ2n) is 4.79. The standard InChI is InChI=1S/C12H17NO5S2/c1-7-5-11(8(2)19-7)20(16,17)13-6-9-3-4-10(18-9)12(14)15/h5,9-10,13H,3-4,6H2,1-2H3,(H,14,15). The SMILES string of the molecule is Cc1cc(S(=O)(=O)NCC2CCC(C(=O)O)O2)c(C)s1. The van der Waals surface area contributed by atoms with Crippen LogP contribution in [0.1, 0.15) is 22.6 Å². The van der Waals surface area contributed by atoms with Crippen LogP contribution in [0.15, 0.2) is 11.0 Å². The first-order valence-electron chi connectivity index (χ1n) is 6.24. The summed E-state index contributed by atoms with van der Waals surface area (Å²) in [6.45, 7) is 3.72. The maximum Gasteiger partial charge on any atom is 0.332 e. The third kappa shape index (κ3) is 3.38. The van der Waals surface area contributed by atoms with E-state index in [0.29, 0.717) is 12.8 Å². The Kier molecular flexibility index (Phi) is 4.48. The lowest BCUT2D eigenvalue weighted by molar-refractivity contribution is -0.149. The second-order valence-corrected chi connectivity index (χ2v) is 7.99. The Bertz CT molecular complexity index is 607. The van der Waals surface area contributed by atoms with Crippen molar-refractivity contribution in [2.24, 2.45) is 0 Å². The summed E-state index contributed by atoms with van der Waals surface area (Å²) in [6.07, 6.45) is -0.250. The number of thiophene rings is 1. The number of aliphatic carboxylic acids is 1. The van der Waals surface area contributed by atoms with Gasteiger partial charge in [0.15, 0.2) is 6.10 Å². The number of nitrogens with one attached hydrogen (secondary N) is 1. The summed E-state index contributed by atoms with van der Waals surface area (Å²) in [5.41, 5.74) is 0. The molecule has 2 unspecified atom stereocenters. The zero-order valence-corrected chi connectivity index (χ0v) is 12.9. The molecule has 0 aliphatic carbocycles. The van der Waals surface area contributed by atoms with E-state index in [2.05, 4.69) is 4.72 Å². The quantitative estimate of drug-likeness (QED) is 0.853. The number of hydrogen-bond acceptors (Lipinski definition) is 5. The van der Waals surface area contributed by atoms with Crippen molar-refractivity contribution in [2.75, 3.05) is 6.54 Å². The van der Waals surface area contributed by atoms with Gasteiger partial charge >= 0.3 is 5.97 Å². The molecule has 2 heterocycles. The first-order chi connectivity index (χ1) is 9.29. The van der Waals surface area contributed by atoms with Crippen molar-refractivity contribution in [3.05, 3.63) is 15.8 Å². The third-order valence-corrected chi connectivity index (χ3v) is 5.81. The number of carboxylic acid groups (broad SMARTS) is 1. The second kappa shape index (κ2) is 5.80. The van der Waals surface area contributed by atoms with E-state index in [0.717, 1.165) is 9.75 Å². The number of carbonyl (C=O) groups is 1. The average Bonchev–Trinajstić information content (AvgIpc) is 2.93. The number of aryl methyl sites for hydroxylation is 2. The highest BCUT2D eigenvalue weighted by Crippen LogP contribution is 2.25. The van der Waals surface area contributed by atoms with Gasteiger partial charge in [-0.15, -0.1) is 11.3 Å². The third-order valence-electron chi connectivity index (χ3n) is 3.17. The first kappa shape index (κ1) is 15.4. The molecular weight excluding hydrogens is 302 g/mol. The van der Waals surface area contributed by atoms with Crippen LogP contribution in [0.4, 0.5) is 0 Å². The van der Waals surface area contributed by atoms with Crippen LogP contribution in [0, 0.1) is 13.8 Å². The van der Waals surface area contributed by atoms with E-state index in [9.17, 15) is 13.2 Å². The van der Waals surface area contributed by atoms with E-state index in [1.165, 1.54) is 11.3 Å². The molecule has 0 saturated carbocycles. The van der Waals surface area contributed by atoms with E-state index in [1.807, 2.05) is 6.92 Å². The zero-order valence-electron chi connectivity index (χ0n) is 11.3. The molecule has 0 spiro atoms. The molecule has 2 atom stereocenters. The highest BCUT2D eigenvalue weighted by Gasteiger charge is 2.31. The summed E-state index contributed by atoms with van der Waals surface area (Å²) >= 11 is 1.43. The number of carboxylic acids is 1. The summed E-state index contributed by atoms with van der Waals surface area (Å²) < 4.78 is 32.1. The Hall–Kier alpha value is -0.960. The number of ether oxygens (including phenoxy) is 1. The molecule has 1 aromatic heterocycles. The van der Waals surface area contributed by atoms with Gasteiger partial charge in [0.25, 0.3) is 0 Å². The minimum atomic E-state index is -3.56. The molecule has 2 rings (SSSR count). The number of hydrogen-bond donors (Lipinski definition) is 2. The van der Waals surface area contributed by atoms with Gasteiger partial charge in [0.05, 0.1) is 11.0 Å². The highest BCUT2D eigenvalue weighted by molar-refractivity contribution is 7.89. The lowest BCUT2D eigenvalue weighted by atomic mass is 10.2. The predicted octanol–water partition coefficient (Wildman–Crippen LogP) is 1.28. The molecule has 1 aliphatic rings. The molecule has 1 aromatic rings. The maximum absolute atomic E-state index is 12.2. The fourth-order valence-corrected chi connectivity index (χ4v) is 4.81. The molecule has 0 amide bonds. The van der Waals surface area contributed by atoms with Gasteiger partial charge in [0.2, 0.25) is 10.0 Å². The zero-order chi connectivity index (χ0) is 14.9. The van der Waals surface area contributed by atoms with Crippen molar-refractivity contribution < 1.29 is 23.1 Å². The van der Waals surface area contributed by atoms with E-state index in [-0.39, 0.29) is 17.5 Å². The van der Waals surface area contributed by atoms with E-state index >= 15 is 0 Å². The van der Waals surface area contributed by atoms with Crippen molar-refractivity contribution in [2.45, 2.75) is 43.8 Å². The summed E-state index contributed by atoms with van der Waals surface area (Å²) in [4.78, 5) is 12.7. The molecule has 20 heavy (non-hydrogen) atoms. The number of sulfonamides is 1. The average molecular weight is 319 g/mol. The molecule has 0 radical (unpaired) electrons. The fourth-order valence-electron chi connectivity index (χ4n) is 2.19. The van der Waals surface area contributed by atoms with Crippen molar-refractivity contribution in [1.82, 2.24) is 4.72 Å². The van der Waals surface area contributed by atoms with Crippen molar-refractivity contribution in [3.8, 4) is 0 Å². The molecule has 1 fully saturated rings. The van der Waals surface area contributed by atoms with Crippen LogP contribution in [0.5, 0.6) is 0 Å². The van der Waals surface area contributed by atoms with Crippen molar-refractivity contribution >= 4 is 27.3 Å². The molecular formula is C12H17NO5S2. The first-order valence-corrected chi connectivity index (χ1v) is 8.54. The highest BCUT2D eigenvalue weighted by atomic mass is 32.2. The van der Waals surface area contributed by atoms with E-state index in [4.69, 9.17) is 9.84 Å². The monoisotopic (exact) mass is 319 g/mol. The Morgan fingerprint density at radius 3 is 2.70 bits per heavy atom. The smallest absolute Gasteiger partial charge is 0.332 e. The summed E-state index contributed by atoms with van der Waals surface area (Å²) in [5, 5.41) is 8.81. The molecule has 8 heteroatoms. The molecule has 1 saturated heterocycles. The molecule has 0 aromatic carbocycles. The van der Waals surface area contributed by atoms with Gasteiger partial charge in [-0.3, -0.25) is 0 Å². The van der Waals surface area contributed by atoms with E-state index in [1.54, 1.807) is 13.0 Å². The number of rotatable bonds is 5. The summed E-state index contributed by atoms with van der Waals surface area (Å²) in [6, 6.07) is 1.64. The summed E-state index contributed by atoms with van der Waals surface area (Å²) in [7, 11) is -3.56. The Morgan fingerprint density at radius 2 is 2.20 bits per heavy atom. The lowest BCUT2D eigenvalue weighted by Gasteiger charge is -2.12. The topological polar surface area (TPSA) is 92.7 Å². The van der Waals surface area contributed by atoms with Crippen LogP contribution in [0.3, 0.4) is 0 Å². The van der Waals surface area contributed by atoms with Crippen LogP contribution in [-0.4, -0.2) is 38.2 Å².